The molecule has 0 aromatic heterocycles. The third-order valence-corrected chi connectivity index (χ3v) is 2.50. The molecule has 0 amide bonds. The molecule has 0 fully saturated rings. The Bertz CT molecular complexity index is 238. The lowest BCUT2D eigenvalue weighted by Gasteiger charge is -2.16. The van der Waals surface area contributed by atoms with Gasteiger partial charge in [-0.3, -0.25) is 0 Å². The summed E-state index contributed by atoms with van der Waals surface area (Å²) < 4.78 is 0. The Kier molecular flexibility index (Phi) is 4.45. The lowest BCUT2D eigenvalue weighted by atomic mass is 9.89. The highest BCUT2D eigenvalue weighted by Gasteiger charge is 2.14. The minimum atomic E-state index is 0.594. The molecule has 2 atom stereocenters. The van der Waals surface area contributed by atoms with Gasteiger partial charge in [-0.15, -0.1) is 0 Å². The van der Waals surface area contributed by atoms with E-state index in [1.807, 2.05) is 13.8 Å². The molecule has 0 nitrogen and oxygen atoms in total. The van der Waals surface area contributed by atoms with Gasteiger partial charge in [0.1, 0.15) is 0 Å². The van der Waals surface area contributed by atoms with Crippen LogP contribution in [0.25, 0.3) is 0 Å². The Morgan fingerprint density at radius 2 is 1.07 bits per heavy atom. The topological polar surface area (TPSA) is 0 Å². The standard InChI is InChI=1S/C12H14.C2H6/c1-10-6-8-11-4-2-3-5-12(11)9-7-10;1-2/h2-12H,1H3;1-2H3. The van der Waals surface area contributed by atoms with Crippen molar-refractivity contribution in [3.63, 3.8) is 0 Å². The van der Waals surface area contributed by atoms with Crippen molar-refractivity contribution in [3.05, 3.63) is 48.6 Å². The van der Waals surface area contributed by atoms with Gasteiger partial charge in [-0.1, -0.05) is 69.4 Å². The fourth-order valence-corrected chi connectivity index (χ4v) is 1.70. The molecule has 0 spiro atoms. The van der Waals surface area contributed by atoms with Crippen LogP contribution in [0.1, 0.15) is 20.8 Å². The summed E-state index contributed by atoms with van der Waals surface area (Å²) in [4.78, 5) is 0. The van der Waals surface area contributed by atoms with Gasteiger partial charge >= 0.3 is 0 Å². The van der Waals surface area contributed by atoms with Gasteiger partial charge in [0.15, 0.2) is 0 Å². The molecule has 0 aromatic rings. The van der Waals surface area contributed by atoms with Crippen LogP contribution < -0.4 is 0 Å². The summed E-state index contributed by atoms with van der Waals surface area (Å²) in [6.07, 6.45) is 18.0. The smallest absolute Gasteiger partial charge is 0.00476 e. The average molecular weight is 188 g/mol. The van der Waals surface area contributed by atoms with E-state index < -0.39 is 0 Å². The summed E-state index contributed by atoms with van der Waals surface area (Å²) in [7, 11) is 0. The first-order valence-corrected chi connectivity index (χ1v) is 5.58. The zero-order chi connectivity index (χ0) is 10.4. The molecule has 2 unspecified atom stereocenters. The van der Waals surface area contributed by atoms with E-state index in [9.17, 15) is 0 Å². The first kappa shape index (κ1) is 11.0. The average Bonchev–Trinajstić information content (AvgIpc) is 2.45. The van der Waals surface area contributed by atoms with Crippen molar-refractivity contribution in [1.82, 2.24) is 0 Å². The molecule has 0 aromatic carbocycles. The van der Waals surface area contributed by atoms with Crippen LogP contribution >= 0.6 is 0 Å². The lowest BCUT2D eigenvalue weighted by Crippen LogP contribution is -2.06. The maximum Gasteiger partial charge on any atom is 0.00476 e. The quantitative estimate of drug-likeness (QED) is 0.501. The molecule has 2 aliphatic carbocycles. The molecule has 0 radical (unpaired) electrons. The molecule has 0 aliphatic heterocycles. The van der Waals surface area contributed by atoms with Crippen LogP contribution in [-0.4, -0.2) is 0 Å². The van der Waals surface area contributed by atoms with Crippen LogP contribution in [0.15, 0.2) is 48.6 Å². The van der Waals surface area contributed by atoms with Gasteiger partial charge in [0.05, 0.1) is 0 Å². The fourth-order valence-electron chi connectivity index (χ4n) is 1.70. The van der Waals surface area contributed by atoms with E-state index in [0.29, 0.717) is 17.8 Å². The molecular weight excluding hydrogens is 168 g/mol. The molecule has 0 saturated carbocycles. The van der Waals surface area contributed by atoms with Crippen molar-refractivity contribution in [2.24, 2.45) is 17.8 Å². The maximum absolute atomic E-state index is 2.31. The fraction of sp³-hybridized carbons (Fsp3) is 0.429. The second kappa shape index (κ2) is 5.64. The predicted molar refractivity (Wildman–Crippen MR) is 64.1 cm³/mol. The van der Waals surface area contributed by atoms with Gasteiger partial charge in [0.25, 0.3) is 0 Å². The molecule has 0 saturated heterocycles. The van der Waals surface area contributed by atoms with Crippen molar-refractivity contribution < 1.29 is 0 Å². The SMILES string of the molecule is CC.CC1C=CC2C=CC=CC2C=C1. The van der Waals surface area contributed by atoms with Crippen LogP contribution in [0.5, 0.6) is 0 Å². The molecule has 0 N–H and O–H groups in total. The zero-order valence-corrected chi connectivity index (χ0v) is 9.35. The Morgan fingerprint density at radius 1 is 0.643 bits per heavy atom. The molecule has 14 heavy (non-hydrogen) atoms. The van der Waals surface area contributed by atoms with Crippen molar-refractivity contribution >= 4 is 0 Å². The maximum atomic E-state index is 2.31. The van der Waals surface area contributed by atoms with Gasteiger partial charge in [-0.05, 0) is 5.92 Å². The Labute approximate surface area is 87.7 Å². The van der Waals surface area contributed by atoms with E-state index in [0.717, 1.165) is 0 Å². The number of rotatable bonds is 0. The molecule has 0 heteroatoms. The largest absolute Gasteiger partial charge is 0.0813 e. The summed E-state index contributed by atoms with van der Waals surface area (Å²) in [6.45, 7) is 6.22. The first-order valence-electron chi connectivity index (χ1n) is 5.58. The van der Waals surface area contributed by atoms with E-state index in [2.05, 4.69) is 55.5 Å². The summed E-state index contributed by atoms with van der Waals surface area (Å²) in [5.74, 6) is 1.78. The summed E-state index contributed by atoms with van der Waals surface area (Å²) in [6, 6.07) is 0. The third kappa shape index (κ3) is 2.73. The van der Waals surface area contributed by atoms with Gasteiger partial charge in [0, 0.05) is 11.8 Å². The van der Waals surface area contributed by atoms with Crippen LogP contribution in [0.3, 0.4) is 0 Å². The molecule has 2 aliphatic rings. The van der Waals surface area contributed by atoms with E-state index in [1.165, 1.54) is 0 Å². The van der Waals surface area contributed by atoms with Crippen LogP contribution in [0.2, 0.25) is 0 Å². The minimum Gasteiger partial charge on any atom is -0.0813 e. The highest BCUT2D eigenvalue weighted by Crippen LogP contribution is 2.25. The van der Waals surface area contributed by atoms with Gasteiger partial charge < -0.3 is 0 Å². The second-order valence-electron chi connectivity index (χ2n) is 3.55. The van der Waals surface area contributed by atoms with Gasteiger partial charge in [0.2, 0.25) is 0 Å². The van der Waals surface area contributed by atoms with Crippen LogP contribution in [0, 0.1) is 17.8 Å². The number of hydrogen-bond donors (Lipinski definition) is 0. The highest BCUT2D eigenvalue weighted by molar-refractivity contribution is 5.25. The van der Waals surface area contributed by atoms with Crippen LogP contribution in [0.4, 0.5) is 0 Å². The second-order valence-corrected chi connectivity index (χ2v) is 3.55. The van der Waals surface area contributed by atoms with Gasteiger partial charge in [-0.2, -0.15) is 0 Å². The van der Waals surface area contributed by atoms with Crippen molar-refractivity contribution in [1.29, 1.82) is 0 Å². The summed E-state index contributed by atoms with van der Waals surface area (Å²) >= 11 is 0. The normalized spacial score (nSPS) is 32.9. The molecule has 2 rings (SSSR count). The lowest BCUT2D eigenvalue weighted by molar-refractivity contribution is 0.670. The monoisotopic (exact) mass is 188 g/mol. The van der Waals surface area contributed by atoms with Crippen LogP contribution in [-0.2, 0) is 0 Å². The highest BCUT2D eigenvalue weighted by atomic mass is 14.2. The van der Waals surface area contributed by atoms with E-state index in [1.54, 1.807) is 0 Å². The first-order chi connectivity index (χ1) is 6.86. The Balaban J connectivity index is 0.000000461. The Hall–Kier alpha value is -1.04. The zero-order valence-electron chi connectivity index (χ0n) is 9.35. The predicted octanol–water partition coefficient (Wildman–Crippen LogP) is 4.13. The summed E-state index contributed by atoms with van der Waals surface area (Å²) in [5.41, 5.74) is 0. The number of allylic oxidation sites excluding steroid dienone is 8. The number of fused-ring (bicyclic) bond motifs is 1. The third-order valence-electron chi connectivity index (χ3n) is 2.50. The molecule has 76 valence electrons. The van der Waals surface area contributed by atoms with E-state index in [4.69, 9.17) is 0 Å². The van der Waals surface area contributed by atoms with Crippen molar-refractivity contribution in [2.75, 3.05) is 0 Å². The van der Waals surface area contributed by atoms with Gasteiger partial charge in [-0.25, -0.2) is 0 Å². The van der Waals surface area contributed by atoms with Crippen molar-refractivity contribution in [2.45, 2.75) is 20.8 Å². The molecular formula is C14H20. The summed E-state index contributed by atoms with van der Waals surface area (Å²) in [5, 5.41) is 0. The molecule has 0 heterocycles. The minimum absolute atomic E-state index is 0.594. The van der Waals surface area contributed by atoms with E-state index >= 15 is 0 Å². The Morgan fingerprint density at radius 3 is 1.50 bits per heavy atom. The molecule has 0 bridgehead atoms. The van der Waals surface area contributed by atoms with Crippen molar-refractivity contribution in [3.8, 4) is 0 Å². The van der Waals surface area contributed by atoms with E-state index in [-0.39, 0.29) is 0 Å². The number of hydrogen-bond acceptors (Lipinski definition) is 0.